The van der Waals surface area contributed by atoms with Crippen LogP contribution in [-0.2, 0) is 0 Å². The summed E-state index contributed by atoms with van der Waals surface area (Å²) in [7, 11) is 0. The smallest absolute Gasteiger partial charge is 0.165 e. The molecule has 0 bridgehead atoms. The summed E-state index contributed by atoms with van der Waals surface area (Å²) in [5.74, 6) is 0. The molecule has 4 aromatic rings. The number of aromatic nitrogens is 4. The topological polar surface area (TPSA) is 87.4 Å². The van der Waals surface area contributed by atoms with Crippen molar-refractivity contribution in [1.29, 1.82) is 0 Å². The molecular formula is C23H26N6OS. The Labute approximate surface area is 185 Å². The van der Waals surface area contributed by atoms with E-state index in [1.54, 1.807) is 28.2 Å². The molecule has 0 saturated carbocycles. The molecule has 7 nitrogen and oxygen atoms in total. The second-order valence-electron chi connectivity index (χ2n) is 7.90. The fraction of sp³-hybridized carbons (Fsp3) is 0.348. The number of fused-ring (bicyclic) bond motifs is 1. The third-order valence-corrected chi connectivity index (χ3v) is 6.63. The third-order valence-electron chi connectivity index (χ3n) is 5.74. The molecule has 0 aromatic carbocycles. The summed E-state index contributed by atoms with van der Waals surface area (Å²) in [6.45, 7) is 1.79. The van der Waals surface area contributed by atoms with Crippen molar-refractivity contribution in [2.45, 2.75) is 38.0 Å². The Morgan fingerprint density at radius 2 is 2.19 bits per heavy atom. The molecule has 160 valence electrons. The van der Waals surface area contributed by atoms with Gasteiger partial charge in [0.05, 0.1) is 28.0 Å². The van der Waals surface area contributed by atoms with Gasteiger partial charge in [-0.05, 0) is 54.6 Å². The average Bonchev–Trinajstić information content (AvgIpc) is 3.42. The standard InChI is InChI=1S/C23H26N6OS/c30-23(26-14-17-5-2-1-3-9-24-17)16-7-10-25-20(13-16)18-15-27-29-11-8-19(28-22(18)29)21-6-4-12-31-21/h4,6-8,10-13,15,17,23-24,26,30H,1-3,5,9,14H2. The Bertz CT molecular complexity index is 1130. The molecule has 0 aliphatic carbocycles. The third kappa shape index (κ3) is 4.52. The van der Waals surface area contributed by atoms with Gasteiger partial charge in [0.25, 0.3) is 0 Å². The summed E-state index contributed by atoms with van der Waals surface area (Å²) in [5, 5.41) is 24.0. The van der Waals surface area contributed by atoms with Gasteiger partial charge in [0.15, 0.2) is 5.65 Å². The maximum Gasteiger partial charge on any atom is 0.165 e. The van der Waals surface area contributed by atoms with Crippen molar-refractivity contribution < 1.29 is 5.11 Å². The number of pyridine rings is 1. The van der Waals surface area contributed by atoms with Crippen LogP contribution in [-0.4, -0.2) is 43.8 Å². The SMILES string of the molecule is OC(NCC1CCCCCN1)c1ccnc(-c2cnn3ccc(-c4cccs4)nc23)c1. The van der Waals surface area contributed by atoms with Crippen molar-refractivity contribution in [2.24, 2.45) is 0 Å². The van der Waals surface area contributed by atoms with Crippen LogP contribution in [0.5, 0.6) is 0 Å². The van der Waals surface area contributed by atoms with E-state index < -0.39 is 6.23 Å². The molecule has 1 saturated heterocycles. The molecule has 2 unspecified atom stereocenters. The van der Waals surface area contributed by atoms with E-state index in [-0.39, 0.29) is 0 Å². The highest BCUT2D eigenvalue weighted by Gasteiger charge is 2.16. The molecule has 1 aliphatic rings. The molecule has 4 aromatic heterocycles. The number of nitrogens with one attached hydrogen (secondary N) is 2. The van der Waals surface area contributed by atoms with Crippen LogP contribution >= 0.6 is 11.3 Å². The largest absolute Gasteiger partial charge is 0.374 e. The first-order valence-electron chi connectivity index (χ1n) is 10.8. The Balaban J connectivity index is 1.37. The number of rotatable bonds is 6. The summed E-state index contributed by atoms with van der Waals surface area (Å²) in [5.41, 5.74) is 4.04. The van der Waals surface area contributed by atoms with Crippen LogP contribution in [0, 0.1) is 0 Å². The van der Waals surface area contributed by atoms with Crippen LogP contribution in [0.1, 0.15) is 37.5 Å². The first kappa shape index (κ1) is 20.3. The van der Waals surface area contributed by atoms with Crippen molar-refractivity contribution in [1.82, 2.24) is 30.2 Å². The predicted molar refractivity (Wildman–Crippen MR) is 123 cm³/mol. The van der Waals surface area contributed by atoms with Crippen molar-refractivity contribution in [3.8, 4) is 21.8 Å². The second-order valence-corrected chi connectivity index (χ2v) is 8.85. The number of nitrogens with zero attached hydrogens (tertiary/aromatic N) is 4. The van der Waals surface area contributed by atoms with Gasteiger partial charge in [-0.2, -0.15) is 5.10 Å². The maximum atomic E-state index is 10.7. The van der Waals surface area contributed by atoms with E-state index in [1.165, 1.54) is 19.3 Å². The van der Waals surface area contributed by atoms with Crippen molar-refractivity contribution >= 4 is 17.0 Å². The van der Waals surface area contributed by atoms with Crippen LogP contribution in [0.25, 0.3) is 27.5 Å². The van der Waals surface area contributed by atoms with E-state index in [0.29, 0.717) is 6.04 Å². The molecule has 0 radical (unpaired) electrons. The monoisotopic (exact) mass is 434 g/mol. The van der Waals surface area contributed by atoms with Gasteiger partial charge in [-0.25, -0.2) is 9.50 Å². The zero-order valence-corrected chi connectivity index (χ0v) is 18.1. The molecule has 31 heavy (non-hydrogen) atoms. The highest BCUT2D eigenvalue weighted by atomic mass is 32.1. The van der Waals surface area contributed by atoms with Crippen molar-refractivity contribution in [3.63, 3.8) is 0 Å². The zero-order chi connectivity index (χ0) is 21.0. The lowest BCUT2D eigenvalue weighted by molar-refractivity contribution is 0.134. The van der Waals surface area contributed by atoms with E-state index in [1.807, 2.05) is 35.8 Å². The minimum absolute atomic E-state index is 0.401. The average molecular weight is 435 g/mol. The molecular weight excluding hydrogens is 408 g/mol. The molecule has 3 N–H and O–H groups in total. The number of hydrogen-bond donors (Lipinski definition) is 3. The fourth-order valence-corrected chi connectivity index (χ4v) is 4.72. The fourth-order valence-electron chi connectivity index (χ4n) is 4.02. The molecule has 1 aliphatic heterocycles. The highest BCUT2D eigenvalue weighted by molar-refractivity contribution is 7.13. The summed E-state index contributed by atoms with van der Waals surface area (Å²) in [6.07, 6.45) is 9.57. The minimum atomic E-state index is -0.747. The maximum absolute atomic E-state index is 10.7. The van der Waals surface area contributed by atoms with E-state index >= 15 is 0 Å². The first-order valence-corrected chi connectivity index (χ1v) is 11.7. The lowest BCUT2D eigenvalue weighted by atomic mass is 10.1. The van der Waals surface area contributed by atoms with Gasteiger partial charge in [0.2, 0.25) is 0 Å². The molecule has 5 heterocycles. The number of aliphatic hydroxyl groups is 1. The highest BCUT2D eigenvalue weighted by Crippen LogP contribution is 2.27. The van der Waals surface area contributed by atoms with Gasteiger partial charge >= 0.3 is 0 Å². The molecule has 2 atom stereocenters. The minimum Gasteiger partial charge on any atom is -0.374 e. The molecule has 0 amide bonds. The van der Waals surface area contributed by atoms with Gasteiger partial charge in [-0.1, -0.05) is 18.9 Å². The van der Waals surface area contributed by atoms with Crippen molar-refractivity contribution in [2.75, 3.05) is 13.1 Å². The lowest BCUT2D eigenvalue weighted by Crippen LogP contribution is -2.39. The summed E-state index contributed by atoms with van der Waals surface area (Å²) in [4.78, 5) is 10.5. The summed E-state index contributed by atoms with van der Waals surface area (Å²) in [6, 6.07) is 10.2. The van der Waals surface area contributed by atoms with Gasteiger partial charge in [-0.3, -0.25) is 10.3 Å². The van der Waals surface area contributed by atoms with Crippen LogP contribution in [0.3, 0.4) is 0 Å². The van der Waals surface area contributed by atoms with Gasteiger partial charge in [0.1, 0.15) is 6.23 Å². The number of aliphatic hydroxyl groups excluding tert-OH is 1. The summed E-state index contributed by atoms with van der Waals surface area (Å²) >= 11 is 1.66. The van der Waals surface area contributed by atoms with Gasteiger partial charge in [-0.15, -0.1) is 11.3 Å². The lowest BCUT2D eigenvalue weighted by Gasteiger charge is -2.20. The second kappa shape index (κ2) is 9.23. The Hall–Kier alpha value is -2.65. The molecule has 5 rings (SSSR count). The van der Waals surface area contributed by atoms with E-state index in [2.05, 4.69) is 26.8 Å². The van der Waals surface area contributed by atoms with Crippen LogP contribution in [0.2, 0.25) is 0 Å². The normalized spacial score (nSPS) is 18.2. The summed E-state index contributed by atoms with van der Waals surface area (Å²) < 4.78 is 1.76. The van der Waals surface area contributed by atoms with Crippen molar-refractivity contribution in [3.05, 3.63) is 59.9 Å². The first-order chi connectivity index (χ1) is 15.3. The molecule has 0 spiro atoms. The van der Waals surface area contributed by atoms with Gasteiger partial charge < -0.3 is 10.4 Å². The Morgan fingerprint density at radius 1 is 1.23 bits per heavy atom. The zero-order valence-electron chi connectivity index (χ0n) is 17.2. The Kier molecular flexibility index (Phi) is 6.04. The van der Waals surface area contributed by atoms with Crippen LogP contribution < -0.4 is 10.6 Å². The Morgan fingerprint density at radius 3 is 3.10 bits per heavy atom. The van der Waals surface area contributed by atoms with E-state index in [9.17, 15) is 5.11 Å². The van der Waals surface area contributed by atoms with Gasteiger partial charge in [0, 0.05) is 25.0 Å². The van der Waals surface area contributed by atoms with Crippen LogP contribution in [0.15, 0.2) is 54.3 Å². The number of thiophene rings is 1. The predicted octanol–water partition coefficient (Wildman–Crippen LogP) is 3.63. The van der Waals surface area contributed by atoms with E-state index in [0.717, 1.165) is 52.5 Å². The quantitative estimate of drug-likeness (QED) is 0.402. The molecule has 8 heteroatoms. The number of hydrogen-bond acceptors (Lipinski definition) is 7. The molecule has 1 fully saturated rings. The van der Waals surface area contributed by atoms with Crippen LogP contribution in [0.4, 0.5) is 0 Å². The van der Waals surface area contributed by atoms with E-state index in [4.69, 9.17) is 4.98 Å².